The van der Waals surface area contributed by atoms with Crippen molar-refractivity contribution in [3.8, 4) is 0 Å². The SMILES string of the molecule is O=C(O)c1ccc(CN2C[C@@H]3OCC(=O)N(Cc4ccc(F)cc4)[C@@H]3C2)cc1. The zero-order valence-corrected chi connectivity index (χ0v) is 15.3. The first-order chi connectivity index (χ1) is 13.5. The third-order valence-corrected chi connectivity index (χ3v) is 5.33. The predicted molar refractivity (Wildman–Crippen MR) is 99.2 cm³/mol. The van der Waals surface area contributed by atoms with Crippen LogP contribution in [-0.2, 0) is 22.6 Å². The van der Waals surface area contributed by atoms with E-state index in [-0.39, 0.29) is 36.0 Å². The second-order valence-electron chi connectivity index (χ2n) is 7.26. The zero-order valence-electron chi connectivity index (χ0n) is 15.3. The number of hydrogen-bond acceptors (Lipinski definition) is 4. The molecule has 6 nitrogen and oxygen atoms in total. The first-order valence-electron chi connectivity index (χ1n) is 9.20. The minimum Gasteiger partial charge on any atom is -0.478 e. The molecular formula is C21H21FN2O4. The number of fused-ring (bicyclic) bond motifs is 1. The molecule has 0 unspecified atom stereocenters. The molecule has 0 bridgehead atoms. The standard InChI is InChI=1S/C21H21FN2O4/c22-17-7-3-15(4-8-17)10-24-18-11-23(12-19(18)28-13-20(24)25)9-14-1-5-16(6-2-14)21(26)27/h1-8,18-19H,9-13H2,(H,26,27)/t18-,19+/m1/s1. The lowest BCUT2D eigenvalue weighted by molar-refractivity contribution is -0.153. The number of carboxylic acids is 1. The Morgan fingerprint density at radius 2 is 1.68 bits per heavy atom. The van der Waals surface area contributed by atoms with Crippen molar-refractivity contribution >= 4 is 11.9 Å². The molecule has 2 atom stereocenters. The van der Waals surface area contributed by atoms with E-state index < -0.39 is 5.97 Å². The van der Waals surface area contributed by atoms with Crippen LogP contribution in [-0.4, -0.2) is 58.6 Å². The topological polar surface area (TPSA) is 70.1 Å². The van der Waals surface area contributed by atoms with Gasteiger partial charge in [-0.2, -0.15) is 0 Å². The highest BCUT2D eigenvalue weighted by molar-refractivity contribution is 5.87. The molecule has 7 heteroatoms. The van der Waals surface area contributed by atoms with Crippen LogP contribution in [0.15, 0.2) is 48.5 Å². The van der Waals surface area contributed by atoms with E-state index in [9.17, 15) is 14.0 Å². The second-order valence-corrected chi connectivity index (χ2v) is 7.26. The molecule has 2 heterocycles. The predicted octanol–water partition coefficient (Wildman–Crippen LogP) is 2.14. The van der Waals surface area contributed by atoms with E-state index in [0.717, 1.165) is 11.1 Å². The van der Waals surface area contributed by atoms with Gasteiger partial charge in [0.2, 0.25) is 5.91 Å². The number of carboxylic acid groups (broad SMARTS) is 1. The summed E-state index contributed by atoms with van der Waals surface area (Å²) in [6.45, 7) is 2.54. The van der Waals surface area contributed by atoms with Crippen LogP contribution in [0.2, 0.25) is 0 Å². The summed E-state index contributed by atoms with van der Waals surface area (Å²) >= 11 is 0. The van der Waals surface area contributed by atoms with E-state index in [2.05, 4.69) is 4.90 Å². The maximum atomic E-state index is 13.1. The third-order valence-electron chi connectivity index (χ3n) is 5.33. The molecule has 2 fully saturated rings. The number of carbonyl (C=O) groups is 2. The van der Waals surface area contributed by atoms with Gasteiger partial charge in [-0.3, -0.25) is 9.69 Å². The van der Waals surface area contributed by atoms with Gasteiger partial charge in [-0.1, -0.05) is 24.3 Å². The Bertz CT molecular complexity index is 869. The lowest BCUT2D eigenvalue weighted by atomic mass is 10.1. The number of hydrogen-bond donors (Lipinski definition) is 1. The molecule has 2 saturated heterocycles. The van der Waals surface area contributed by atoms with Gasteiger partial charge in [0.15, 0.2) is 0 Å². The maximum absolute atomic E-state index is 13.1. The molecule has 2 aliphatic heterocycles. The van der Waals surface area contributed by atoms with E-state index in [1.165, 1.54) is 12.1 Å². The fourth-order valence-electron chi connectivity index (χ4n) is 3.87. The van der Waals surface area contributed by atoms with E-state index >= 15 is 0 Å². The third kappa shape index (κ3) is 3.90. The normalized spacial score (nSPS) is 22.3. The van der Waals surface area contributed by atoms with Crippen LogP contribution in [0.4, 0.5) is 4.39 Å². The van der Waals surface area contributed by atoms with Crippen molar-refractivity contribution in [2.24, 2.45) is 0 Å². The number of ether oxygens (including phenoxy) is 1. The van der Waals surface area contributed by atoms with Gasteiger partial charge in [0.05, 0.1) is 17.7 Å². The van der Waals surface area contributed by atoms with Gasteiger partial charge < -0.3 is 14.7 Å². The van der Waals surface area contributed by atoms with Crippen molar-refractivity contribution in [1.82, 2.24) is 9.80 Å². The van der Waals surface area contributed by atoms with Gasteiger partial charge in [0, 0.05) is 26.2 Å². The average molecular weight is 384 g/mol. The van der Waals surface area contributed by atoms with Crippen LogP contribution in [0.3, 0.4) is 0 Å². The Morgan fingerprint density at radius 1 is 1.04 bits per heavy atom. The summed E-state index contributed by atoms with van der Waals surface area (Å²) in [6.07, 6.45) is -0.0589. The molecule has 0 saturated carbocycles. The van der Waals surface area contributed by atoms with Gasteiger partial charge in [-0.15, -0.1) is 0 Å². The summed E-state index contributed by atoms with van der Waals surface area (Å²) in [6, 6.07) is 13.0. The molecule has 2 aromatic rings. The van der Waals surface area contributed by atoms with Crippen LogP contribution in [0, 0.1) is 5.82 Å². The Morgan fingerprint density at radius 3 is 2.36 bits per heavy atom. The van der Waals surface area contributed by atoms with Crippen molar-refractivity contribution in [2.45, 2.75) is 25.2 Å². The van der Waals surface area contributed by atoms with Crippen molar-refractivity contribution in [3.05, 3.63) is 71.0 Å². The lowest BCUT2D eigenvalue weighted by Crippen LogP contribution is -2.53. The first kappa shape index (κ1) is 18.6. The average Bonchev–Trinajstić information content (AvgIpc) is 3.09. The Balaban J connectivity index is 1.44. The number of aromatic carboxylic acids is 1. The summed E-state index contributed by atoms with van der Waals surface area (Å²) in [5, 5.41) is 9.01. The number of amides is 1. The number of halogens is 1. The summed E-state index contributed by atoms with van der Waals surface area (Å²) in [5.74, 6) is -1.30. The summed E-state index contributed by atoms with van der Waals surface area (Å²) in [5.41, 5.74) is 2.16. The first-order valence-corrected chi connectivity index (χ1v) is 9.20. The van der Waals surface area contributed by atoms with Gasteiger partial charge in [-0.25, -0.2) is 9.18 Å². The van der Waals surface area contributed by atoms with Crippen LogP contribution in [0.1, 0.15) is 21.5 Å². The Hall–Kier alpha value is -2.77. The van der Waals surface area contributed by atoms with Crippen molar-refractivity contribution in [1.29, 1.82) is 0 Å². The highest BCUT2D eigenvalue weighted by atomic mass is 19.1. The molecule has 146 valence electrons. The second kappa shape index (κ2) is 7.69. The van der Waals surface area contributed by atoms with Crippen LogP contribution in [0.25, 0.3) is 0 Å². The maximum Gasteiger partial charge on any atom is 0.335 e. The molecule has 1 N–H and O–H groups in total. The number of benzene rings is 2. The molecular weight excluding hydrogens is 363 g/mol. The zero-order chi connectivity index (χ0) is 19.7. The van der Waals surface area contributed by atoms with Crippen molar-refractivity contribution < 1.29 is 23.8 Å². The van der Waals surface area contributed by atoms with Crippen molar-refractivity contribution in [3.63, 3.8) is 0 Å². The molecule has 2 aliphatic rings. The Kier molecular flexibility index (Phi) is 5.11. The van der Waals surface area contributed by atoms with E-state index in [0.29, 0.717) is 26.2 Å². The van der Waals surface area contributed by atoms with Gasteiger partial charge in [0.25, 0.3) is 0 Å². The largest absolute Gasteiger partial charge is 0.478 e. The number of nitrogens with zero attached hydrogens (tertiary/aromatic N) is 2. The van der Waals surface area contributed by atoms with Gasteiger partial charge in [-0.05, 0) is 35.4 Å². The minimum atomic E-state index is -0.943. The molecule has 0 aromatic heterocycles. The highest BCUT2D eigenvalue weighted by Crippen LogP contribution is 2.26. The Labute approximate surface area is 162 Å². The number of morpholine rings is 1. The molecule has 4 rings (SSSR count). The van der Waals surface area contributed by atoms with Crippen LogP contribution >= 0.6 is 0 Å². The lowest BCUT2D eigenvalue weighted by Gasteiger charge is -2.36. The molecule has 2 aromatic carbocycles. The molecule has 0 aliphatic carbocycles. The van der Waals surface area contributed by atoms with Crippen LogP contribution in [0.5, 0.6) is 0 Å². The number of likely N-dealkylation sites (tertiary alicyclic amines) is 1. The molecule has 0 spiro atoms. The summed E-state index contributed by atoms with van der Waals surface area (Å²) in [4.78, 5) is 27.4. The van der Waals surface area contributed by atoms with Gasteiger partial charge >= 0.3 is 5.97 Å². The molecule has 28 heavy (non-hydrogen) atoms. The van der Waals surface area contributed by atoms with E-state index in [1.54, 1.807) is 24.3 Å². The highest BCUT2D eigenvalue weighted by Gasteiger charge is 2.42. The quantitative estimate of drug-likeness (QED) is 0.855. The van der Waals surface area contributed by atoms with E-state index in [1.807, 2.05) is 17.0 Å². The van der Waals surface area contributed by atoms with Gasteiger partial charge in [0.1, 0.15) is 12.4 Å². The number of carbonyl (C=O) groups excluding carboxylic acids is 1. The molecule has 1 amide bonds. The summed E-state index contributed by atoms with van der Waals surface area (Å²) < 4.78 is 18.9. The number of rotatable bonds is 5. The van der Waals surface area contributed by atoms with Crippen LogP contribution < -0.4 is 0 Å². The fraction of sp³-hybridized carbons (Fsp3) is 0.333. The fourth-order valence-corrected chi connectivity index (χ4v) is 3.87. The smallest absolute Gasteiger partial charge is 0.335 e. The van der Waals surface area contributed by atoms with E-state index in [4.69, 9.17) is 9.84 Å². The summed E-state index contributed by atoms with van der Waals surface area (Å²) in [7, 11) is 0. The monoisotopic (exact) mass is 384 g/mol. The van der Waals surface area contributed by atoms with Crippen molar-refractivity contribution in [2.75, 3.05) is 19.7 Å². The minimum absolute atomic E-state index is 0.0513. The molecule has 0 radical (unpaired) electrons.